The van der Waals surface area contributed by atoms with Crippen molar-refractivity contribution in [3.8, 4) is 0 Å². The zero-order valence-electron chi connectivity index (χ0n) is 10.8. The molecule has 0 radical (unpaired) electrons. The fourth-order valence-corrected chi connectivity index (χ4v) is 3.62. The van der Waals surface area contributed by atoms with Crippen LogP contribution in [-0.2, 0) is 8.85 Å². The van der Waals surface area contributed by atoms with Gasteiger partial charge in [-0.05, 0) is 44.3 Å². The van der Waals surface area contributed by atoms with Crippen molar-refractivity contribution in [1.82, 2.24) is 5.32 Å². The highest BCUT2D eigenvalue weighted by atomic mass is 28.3. The van der Waals surface area contributed by atoms with Crippen molar-refractivity contribution in [3.05, 3.63) is 0 Å². The minimum Gasteiger partial charge on any atom is -0.400 e. The van der Waals surface area contributed by atoms with E-state index in [9.17, 15) is 0 Å². The van der Waals surface area contributed by atoms with Gasteiger partial charge in [0.1, 0.15) is 0 Å². The summed E-state index contributed by atoms with van der Waals surface area (Å²) in [6.07, 6.45) is 8.38. The second-order valence-corrected chi connectivity index (χ2v) is 7.13. The van der Waals surface area contributed by atoms with E-state index in [1.165, 1.54) is 45.1 Å². The van der Waals surface area contributed by atoms with Crippen LogP contribution in [0.2, 0.25) is 6.04 Å². The van der Waals surface area contributed by atoms with Gasteiger partial charge in [-0.15, -0.1) is 0 Å². The van der Waals surface area contributed by atoms with Gasteiger partial charge in [0.15, 0.2) is 0 Å². The Balaban J connectivity index is 1.90. The van der Waals surface area contributed by atoms with Crippen molar-refractivity contribution in [1.29, 1.82) is 0 Å². The lowest BCUT2D eigenvalue weighted by atomic mass is 9.89. The molecule has 3 nitrogen and oxygen atoms in total. The summed E-state index contributed by atoms with van der Waals surface area (Å²) >= 11 is 0. The Morgan fingerprint density at radius 3 is 2.44 bits per heavy atom. The van der Waals surface area contributed by atoms with E-state index in [2.05, 4.69) is 5.32 Å². The van der Waals surface area contributed by atoms with Gasteiger partial charge < -0.3 is 14.2 Å². The maximum absolute atomic E-state index is 5.28. The Morgan fingerprint density at radius 1 is 1.12 bits per heavy atom. The van der Waals surface area contributed by atoms with Gasteiger partial charge in [-0.3, -0.25) is 0 Å². The van der Waals surface area contributed by atoms with Crippen LogP contribution in [0.5, 0.6) is 0 Å². The lowest BCUT2D eigenvalue weighted by Gasteiger charge is -2.21. The zero-order chi connectivity index (χ0) is 11.6. The van der Waals surface area contributed by atoms with Gasteiger partial charge in [0.25, 0.3) is 0 Å². The molecular weight excluding hydrogens is 218 g/mol. The molecule has 0 amide bonds. The van der Waals surface area contributed by atoms with Gasteiger partial charge in [0.05, 0.1) is 0 Å². The van der Waals surface area contributed by atoms with E-state index in [-0.39, 0.29) is 0 Å². The van der Waals surface area contributed by atoms with Crippen molar-refractivity contribution >= 4 is 9.28 Å². The van der Waals surface area contributed by atoms with E-state index in [1.807, 2.05) is 0 Å². The highest BCUT2D eigenvalue weighted by Gasteiger charge is 2.13. The maximum atomic E-state index is 5.28. The first kappa shape index (κ1) is 14.2. The standard InChI is InChI=1S/C12H27NO2Si/c1-14-16(15-2)10-6-9-13-11-12-7-4-3-5-8-12/h12-13,16H,3-11H2,1-2H3. The highest BCUT2D eigenvalue weighted by Crippen LogP contribution is 2.22. The Bertz CT molecular complexity index is 159. The van der Waals surface area contributed by atoms with Crippen LogP contribution in [0.4, 0.5) is 0 Å². The average Bonchev–Trinajstić information content (AvgIpc) is 2.35. The summed E-state index contributed by atoms with van der Waals surface area (Å²) in [6.45, 7) is 2.33. The molecule has 0 saturated heterocycles. The predicted molar refractivity (Wildman–Crippen MR) is 70.0 cm³/mol. The van der Waals surface area contributed by atoms with Crippen LogP contribution < -0.4 is 5.32 Å². The van der Waals surface area contributed by atoms with Gasteiger partial charge in [0.2, 0.25) is 0 Å². The van der Waals surface area contributed by atoms with E-state index in [0.29, 0.717) is 0 Å². The third-order valence-electron chi connectivity index (χ3n) is 3.48. The summed E-state index contributed by atoms with van der Waals surface area (Å²) in [5.41, 5.74) is 0. The molecule has 1 rings (SSSR count). The van der Waals surface area contributed by atoms with Crippen LogP contribution in [0.1, 0.15) is 38.5 Å². The molecule has 1 N–H and O–H groups in total. The Kier molecular flexibility index (Phi) is 8.11. The molecule has 1 aliphatic carbocycles. The predicted octanol–water partition coefficient (Wildman–Crippen LogP) is 2.06. The van der Waals surface area contributed by atoms with Crippen molar-refractivity contribution in [2.75, 3.05) is 27.3 Å². The normalized spacial score (nSPS) is 18.2. The number of rotatable bonds is 8. The third kappa shape index (κ3) is 5.99. The topological polar surface area (TPSA) is 30.5 Å². The first-order valence-corrected chi connectivity index (χ1v) is 8.39. The minimum atomic E-state index is -1.31. The molecular formula is C12H27NO2Si. The lowest BCUT2D eigenvalue weighted by Crippen LogP contribution is -2.27. The van der Waals surface area contributed by atoms with Gasteiger partial charge in [-0.1, -0.05) is 19.3 Å². The van der Waals surface area contributed by atoms with Crippen LogP contribution in [0, 0.1) is 5.92 Å². The Hall–Kier alpha value is 0.0969. The van der Waals surface area contributed by atoms with Crippen LogP contribution in [0.15, 0.2) is 0 Å². The first-order valence-electron chi connectivity index (χ1n) is 6.63. The molecule has 0 spiro atoms. The van der Waals surface area contributed by atoms with Crippen molar-refractivity contribution in [2.24, 2.45) is 5.92 Å². The molecule has 0 unspecified atom stereocenters. The summed E-state index contributed by atoms with van der Waals surface area (Å²) in [6, 6.07) is 1.12. The number of hydrogen-bond donors (Lipinski definition) is 1. The van der Waals surface area contributed by atoms with E-state index < -0.39 is 9.28 Å². The maximum Gasteiger partial charge on any atom is 0.320 e. The summed E-state index contributed by atoms with van der Waals surface area (Å²) in [5, 5.41) is 3.57. The Labute approximate surface area is 102 Å². The Morgan fingerprint density at radius 2 is 1.81 bits per heavy atom. The first-order chi connectivity index (χ1) is 7.86. The molecule has 1 fully saturated rings. The molecule has 0 aliphatic heterocycles. The molecule has 0 aromatic carbocycles. The summed E-state index contributed by atoms with van der Waals surface area (Å²) in [4.78, 5) is 0. The molecule has 16 heavy (non-hydrogen) atoms. The van der Waals surface area contributed by atoms with Crippen LogP contribution in [0.3, 0.4) is 0 Å². The fourth-order valence-electron chi connectivity index (χ4n) is 2.42. The molecule has 1 aliphatic rings. The highest BCUT2D eigenvalue weighted by molar-refractivity contribution is 6.44. The van der Waals surface area contributed by atoms with Gasteiger partial charge >= 0.3 is 9.28 Å². The van der Waals surface area contributed by atoms with Gasteiger partial charge in [-0.25, -0.2) is 0 Å². The monoisotopic (exact) mass is 245 g/mol. The van der Waals surface area contributed by atoms with E-state index in [0.717, 1.165) is 18.5 Å². The van der Waals surface area contributed by atoms with Crippen molar-refractivity contribution < 1.29 is 8.85 Å². The van der Waals surface area contributed by atoms with Crippen LogP contribution >= 0.6 is 0 Å². The quantitative estimate of drug-likeness (QED) is 0.524. The lowest BCUT2D eigenvalue weighted by molar-refractivity contribution is 0.276. The van der Waals surface area contributed by atoms with Crippen molar-refractivity contribution in [3.63, 3.8) is 0 Å². The third-order valence-corrected chi connectivity index (χ3v) is 5.41. The molecule has 0 aromatic heterocycles. The summed E-state index contributed by atoms with van der Waals surface area (Å²) in [5.74, 6) is 0.937. The minimum absolute atomic E-state index is 0.937. The second-order valence-electron chi connectivity index (χ2n) is 4.75. The molecule has 0 atom stereocenters. The average molecular weight is 245 g/mol. The molecule has 0 bridgehead atoms. The van der Waals surface area contributed by atoms with Crippen LogP contribution in [0.25, 0.3) is 0 Å². The van der Waals surface area contributed by atoms with E-state index >= 15 is 0 Å². The summed E-state index contributed by atoms with van der Waals surface area (Å²) < 4.78 is 10.6. The SMILES string of the molecule is CO[SiH](CCCNCC1CCCCC1)OC. The molecule has 1 saturated carbocycles. The molecule has 96 valence electrons. The molecule has 0 aromatic rings. The molecule has 4 heteroatoms. The van der Waals surface area contributed by atoms with Gasteiger partial charge in [-0.2, -0.15) is 0 Å². The van der Waals surface area contributed by atoms with Crippen molar-refractivity contribution in [2.45, 2.75) is 44.6 Å². The van der Waals surface area contributed by atoms with Crippen LogP contribution in [-0.4, -0.2) is 36.6 Å². The number of hydrogen-bond acceptors (Lipinski definition) is 3. The number of nitrogens with one attached hydrogen (secondary N) is 1. The zero-order valence-corrected chi connectivity index (χ0v) is 12.0. The summed E-state index contributed by atoms with van der Waals surface area (Å²) in [7, 11) is 2.21. The second kappa shape index (κ2) is 9.16. The van der Waals surface area contributed by atoms with E-state index in [1.54, 1.807) is 14.2 Å². The fraction of sp³-hybridized carbons (Fsp3) is 1.00. The largest absolute Gasteiger partial charge is 0.400 e. The smallest absolute Gasteiger partial charge is 0.320 e. The molecule has 0 heterocycles. The van der Waals surface area contributed by atoms with E-state index in [4.69, 9.17) is 8.85 Å². The van der Waals surface area contributed by atoms with Gasteiger partial charge in [0, 0.05) is 14.2 Å².